The van der Waals surface area contributed by atoms with Crippen LogP contribution in [0.4, 0.5) is 5.69 Å². The third-order valence-corrected chi connectivity index (χ3v) is 4.83. The Morgan fingerprint density at radius 3 is 1.24 bits per heavy atom. The zero-order valence-electron chi connectivity index (χ0n) is 24.7. The molecule has 0 saturated carbocycles. The van der Waals surface area contributed by atoms with E-state index in [4.69, 9.17) is 0 Å². The Bertz CT molecular complexity index is 761. The van der Waals surface area contributed by atoms with Crippen LogP contribution in [0.25, 0.3) is 0 Å². The maximum absolute atomic E-state index is 2.35. The van der Waals surface area contributed by atoms with Crippen molar-refractivity contribution >= 4 is 5.69 Å². The van der Waals surface area contributed by atoms with E-state index in [1.807, 2.05) is 69.2 Å². The second-order valence-electron chi connectivity index (χ2n) is 6.80. The molecule has 34 heavy (non-hydrogen) atoms. The van der Waals surface area contributed by atoms with Gasteiger partial charge in [-0.05, 0) is 35.2 Å². The average molecular weight is 466 g/mol. The molecule has 192 valence electrons. The molecule has 0 heterocycles. The van der Waals surface area contributed by atoms with Gasteiger partial charge in [0.1, 0.15) is 0 Å². The largest absolute Gasteiger partial charge is 0.378 e. The first-order valence-corrected chi connectivity index (χ1v) is 13.5. The topological polar surface area (TPSA) is 3.24 Å². The summed E-state index contributed by atoms with van der Waals surface area (Å²) in [7, 11) is 4.16. The minimum atomic E-state index is -0.0482. The van der Waals surface area contributed by atoms with E-state index in [-0.39, 0.29) is 5.41 Å². The summed E-state index contributed by atoms with van der Waals surface area (Å²) in [6, 6.07) is 30.5. The van der Waals surface area contributed by atoms with Crippen molar-refractivity contribution in [3.8, 4) is 0 Å². The molecule has 0 saturated heterocycles. The number of hydrogen-bond donors (Lipinski definition) is 0. The van der Waals surface area contributed by atoms with Crippen LogP contribution < -0.4 is 4.90 Å². The summed E-state index contributed by atoms with van der Waals surface area (Å²) < 4.78 is 0. The molecule has 1 heteroatoms. The highest BCUT2D eigenvalue weighted by Gasteiger charge is 2.29. The van der Waals surface area contributed by atoms with Gasteiger partial charge in [-0.2, -0.15) is 0 Å². The van der Waals surface area contributed by atoms with Crippen LogP contribution in [0.5, 0.6) is 0 Å². The van der Waals surface area contributed by atoms with Gasteiger partial charge in [0.2, 0.25) is 0 Å². The van der Waals surface area contributed by atoms with E-state index >= 15 is 0 Å². The van der Waals surface area contributed by atoms with Gasteiger partial charge < -0.3 is 4.90 Å². The highest BCUT2D eigenvalue weighted by molar-refractivity contribution is 5.50. The predicted octanol–water partition coefficient (Wildman–Crippen LogP) is 10.4. The molecule has 0 aliphatic heterocycles. The fourth-order valence-corrected chi connectivity index (χ4v) is 3.31. The second kappa shape index (κ2) is 23.6. The Balaban J connectivity index is -0.000000854. The van der Waals surface area contributed by atoms with Crippen molar-refractivity contribution < 1.29 is 0 Å². The quantitative estimate of drug-likeness (QED) is 0.362. The number of anilines is 1. The first-order valence-electron chi connectivity index (χ1n) is 13.5. The maximum atomic E-state index is 2.35. The van der Waals surface area contributed by atoms with Gasteiger partial charge in [-0.3, -0.25) is 0 Å². The van der Waals surface area contributed by atoms with Crippen LogP contribution in [-0.2, 0) is 11.8 Å². The number of benzene rings is 3. The first kappa shape index (κ1) is 36.0. The minimum Gasteiger partial charge on any atom is -0.378 e. The molecule has 1 nitrogen and oxygen atoms in total. The number of hydrogen-bond acceptors (Lipinski definition) is 1. The normalized spacial score (nSPS) is 10.3. The van der Waals surface area contributed by atoms with Crippen molar-refractivity contribution in [2.45, 2.75) is 88.0 Å². The molecule has 1 atom stereocenters. The summed E-state index contributed by atoms with van der Waals surface area (Å²) in [5.74, 6) is 0. The van der Waals surface area contributed by atoms with Crippen molar-refractivity contribution in [1.82, 2.24) is 0 Å². The average Bonchev–Trinajstić information content (AvgIpc) is 2.95. The lowest BCUT2D eigenvalue weighted by molar-refractivity contribution is 0.567. The second-order valence-corrected chi connectivity index (χ2v) is 6.80. The lowest BCUT2D eigenvalue weighted by atomic mass is 9.72. The summed E-state index contributed by atoms with van der Waals surface area (Å²) in [6.07, 6.45) is 0.985. The van der Waals surface area contributed by atoms with Crippen LogP contribution in [-0.4, -0.2) is 14.1 Å². The standard InChI is InChI=1S/C23H25N.5C2H6/c1-23(20-12-8-5-9-13-20,18-19-10-6-4-7-11-19)21-14-16-22(17-15-21)24(2)3;5*1-2/h4-17H,18H2,1-3H3;5*1-2H3. The van der Waals surface area contributed by atoms with E-state index in [1.165, 1.54) is 22.4 Å². The first-order chi connectivity index (χ1) is 16.6. The molecule has 0 bridgehead atoms. The zero-order chi connectivity index (χ0) is 27.0. The molecule has 0 amide bonds. The highest BCUT2D eigenvalue weighted by atomic mass is 15.1. The van der Waals surface area contributed by atoms with Gasteiger partial charge in [-0.15, -0.1) is 0 Å². The van der Waals surface area contributed by atoms with Gasteiger partial charge in [0, 0.05) is 25.2 Å². The van der Waals surface area contributed by atoms with E-state index < -0.39 is 0 Å². The maximum Gasteiger partial charge on any atom is 0.0361 e. The Kier molecular flexibility index (Phi) is 25.0. The Hall–Kier alpha value is -2.54. The lowest BCUT2D eigenvalue weighted by Gasteiger charge is -2.32. The van der Waals surface area contributed by atoms with Crippen molar-refractivity contribution in [3.05, 3.63) is 102 Å². The molecular formula is C33H55N. The van der Waals surface area contributed by atoms with Crippen LogP contribution in [0.2, 0.25) is 0 Å². The summed E-state index contributed by atoms with van der Waals surface area (Å²) in [6.45, 7) is 22.3. The predicted molar refractivity (Wildman–Crippen MR) is 161 cm³/mol. The van der Waals surface area contributed by atoms with E-state index in [0.717, 1.165) is 6.42 Å². The molecule has 0 aliphatic carbocycles. The third-order valence-electron chi connectivity index (χ3n) is 4.83. The van der Waals surface area contributed by atoms with E-state index in [9.17, 15) is 0 Å². The fraction of sp³-hybridized carbons (Fsp3) is 0.455. The fourth-order valence-electron chi connectivity index (χ4n) is 3.31. The third kappa shape index (κ3) is 12.1. The van der Waals surface area contributed by atoms with Crippen molar-refractivity contribution in [3.63, 3.8) is 0 Å². The smallest absolute Gasteiger partial charge is 0.0361 e. The molecule has 3 rings (SSSR count). The van der Waals surface area contributed by atoms with Gasteiger partial charge in [-0.25, -0.2) is 0 Å². The van der Waals surface area contributed by atoms with Gasteiger partial charge >= 0.3 is 0 Å². The van der Waals surface area contributed by atoms with E-state index in [2.05, 4.69) is 111 Å². The Labute approximate surface area is 214 Å². The molecular weight excluding hydrogens is 410 g/mol. The van der Waals surface area contributed by atoms with Gasteiger partial charge in [0.05, 0.1) is 0 Å². The molecule has 0 N–H and O–H groups in total. The Morgan fingerprint density at radius 1 is 0.500 bits per heavy atom. The molecule has 0 fully saturated rings. The van der Waals surface area contributed by atoms with E-state index in [1.54, 1.807) is 0 Å². The van der Waals surface area contributed by atoms with Crippen molar-refractivity contribution in [2.24, 2.45) is 0 Å². The molecule has 0 spiro atoms. The van der Waals surface area contributed by atoms with Crippen LogP contribution in [0.3, 0.4) is 0 Å². The highest BCUT2D eigenvalue weighted by Crippen LogP contribution is 2.36. The van der Waals surface area contributed by atoms with Crippen molar-refractivity contribution in [1.29, 1.82) is 0 Å². The van der Waals surface area contributed by atoms with Gasteiger partial charge in [0.25, 0.3) is 0 Å². The molecule has 3 aromatic rings. The molecule has 1 unspecified atom stereocenters. The summed E-state index contributed by atoms with van der Waals surface area (Å²) in [5, 5.41) is 0. The minimum absolute atomic E-state index is 0.0482. The summed E-state index contributed by atoms with van der Waals surface area (Å²) >= 11 is 0. The van der Waals surface area contributed by atoms with E-state index in [0.29, 0.717) is 0 Å². The number of nitrogens with zero attached hydrogens (tertiary/aromatic N) is 1. The molecule has 3 aromatic carbocycles. The van der Waals surface area contributed by atoms with Crippen LogP contribution in [0.15, 0.2) is 84.9 Å². The Morgan fingerprint density at radius 2 is 0.853 bits per heavy atom. The van der Waals surface area contributed by atoms with Gasteiger partial charge in [-0.1, -0.05) is 149 Å². The summed E-state index contributed by atoms with van der Waals surface area (Å²) in [4.78, 5) is 2.14. The lowest BCUT2D eigenvalue weighted by Crippen LogP contribution is -2.26. The van der Waals surface area contributed by atoms with Crippen molar-refractivity contribution in [2.75, 3.05) is 19.0 Å². The SMILES string of the molecule is CC.CC.CC.CC.CC.CN(C)c1ccc(C(C)(Cc2ccccc2)c2ccccc2)cc1. The molecule has 0 radical (unpaired) electrons. The molecule has 0 aliphatic rings. The zero-order valence-corrected chi connectivity index (χ0v) is 24.7. The number of rotatable bonds is 5. The van der Waals surface area contributed by atoms with Crippen LogP contribution >= 0.6 is 0 Å². The van der Waals surface area contributed by atoms with Gasteiger partial charge in [0.15, 0.2) is 0 Å². The van der Waals surface area contributed by atoms with Crippen LogP contribution in [0, 0.1) is 0 Å². The van der Waals surface area contributed by atoms with Crippen LogP contribution in [0.1, 0.15) is 92.9 Å². The summed E-state index contributed by atoms with van der Waals surface area (Å²) in [5.41, 5.74) is 5.25. The molecule has 0 aromatic heterocycles. The monoisotopic (exact) mass is 465 g/mol.